The van der Waals surface area contributed by atoms with E-state index in [1.165, 1.54) is 29.7 Å². The van der Waals surface area contributed by atoms with Gasteiger partial charge >= 0.3 is 6.18 Å². The van der Waals surface area contributed by atoms with E-state index in [0.29, 0.717) is 41.2 Å². The van der Waals surface area contributed by atoms with E-state index in [4.69, 9.17) is 20.4 Å². The Kier molecular flexibility index (Phi) is 7.87. The molecule has 6 rings (SSSR count). The molecule has 2 N–H and O–H groups in total. The summed E-state index contributed by atoms with van der Waals surface area (Å²) in [4.78, 5) is 16.9. The Labute approximate surface area is 250 Å². The molecule has 2 atom stereocenters. The van der Waals surface area contributed by atoms with Gasteiger partial charge in [-0.15, -0.1) is 0 Å². The number of hydrogen-bond acceptors (Lipinski definition) is 6. The van der Waals surface area contributed by atoms with Crippen molar-refractivity contribution in [1.29, 1.82) is 5.41 Å². The molecule has 0 bridgehead atoms. The Morgan fingerprint density at radius 1 is 0.977 bits per heavy atom. The molecule has 1 saturated carbocycles. The Morgan fingerprint density at radius 2 is 1.70 bits per heavy atom. The SMILES string of the molecule is CC(=N)c1nc(NC(C)C2CCC2)c2c(n1)nc(N1CCCCC1c1ccc(C)cc1)n2Cc1ccc(C(F)(F)F)cc1. The number of benzene rings is 2. The number of hydrogen-bond donors (Lipinski definition) is 2. The minimum absolute atomic E-state index is 0.0970. The van der Waals surface area contributed by atoms with Crippen LogP contribution in [0.2, 0.25) is 0 Å². The summed E-state index contributed by atoms with van der Waals surface area (Å²) in [6, 6.07) is 14.2. The molecule has 0 amide bonds. The van der Waals surface area contributed by atoms with Crippen LogP contribution in [0.3, 0.4) is 0 Å². The first-order valence-electron chi connectivity index (χ1n) is 15.2. The topological polar surface area (TPSA) is 82.7 Å². The standard InChI is InChI=1S/C33H38F3N7/c1-20-10-14-25(15-11-20)27-9-4-5-18-42(27)32-41-31-28(43(32)19-23-12-16-26(17-13-23)33(34,35)36)30(39-29(40-31)21(2)37)38-22(3)24-7-6-8-24/h10-17,22,24,27,37H,4-9,18-19H2,1-3H3,(H,38,39,40). The summed E-state index contributed by atoms with van der Waals surface area (Å²) >= 11 is 0. The van der Waals surface area contributed by atoms with Gasteiger partial charge in [0.05, 0.1) is 23.9 Å². The number of rotatable bonds is 8. The predicted octanol–water partition coefficient (Wildman–Crippen LogP) is 7.92. The summed E-state index contributed by atoms with van der Waals surface area (Å²) in [5.41, 5.74) is 3.89. The molecule has 2 unspecified atom stereocenters. The highest BCUT2D eigenvalue weighted by atomic mass is 19.4. The molecular weight excluding hydrogens is 551 g/mol. The number of anilines is 2. The molecule has 10 heteroatoms. The normalized spacial score (nSPS) is 18.5. The summed E-state index contributed by atoms with van der Waals surface area (Å²) in [5, 5.41) is 11.9. The van der Waals surface area contributed by atoms with Crippen LogP contribution < -0.4 is 10.2 Å². The van der Waals surface area contributed by atoms with Crippen molar-refractivity contribution >= 4 is 28.6 Å². The average Bonchev–Trinajstić information content (AvgIpc) is 3.30. The molecule has 2 aromatic carbocycles. The number of aryl methyl sites for hydroxylation is 1. The highest BCUT2D eigenvalue weighted by molar-refractivity contribution is 5.96. The number of aromatic nitrogens is 4. The zero-order chi connectivity index (χ0) is 30.3. The van der Waals surface area contributed by atoms with Gasteiger partial charge in [0.25, 0.3) is 0 Å². The summed E-state index contributed by atoms with van der Waals surface area (Å²) < 4.78 is 42.1. The van der Waals surface area contributed by atoms with Gasteiger partial charge in [-0.2, -0.15) is 18.2 Å². The van der Waals surface area contributed by atoms with Crippen molar-refractivity contribution in [1.82, 2.24) is 19.5 Å². The van der Waals surface area contributed by atoms with Gasteiger partial charge in [0.15, 0.2) is 17.3 Å². The highest BCUT2D eigenvalue weighted by Gasteiger charge is 2.32. The second kappa shape index (κ2) is 11.6. The first-order valence-corrected chi connectivity index (χ1v) is 15.2. The van der Waals surface area contributed by atoms with Crippen LogP contribution in [0, 0.1) is 18.3 Å². The third-order valence-corrected chi connectivity index (χ3v) is 8.98. The fourth-order valence-electron chi connectivity index (χ4n) is 6.22. The van der Waals surface area contributed by atoms with Crippen LogP contribution in [0.5, 0.6) is 0 Å². The van der Waals surface area contributed by atoms with Gasteiger partial charge in [-0.3, -0.25) is 0 Å². The number of fused-ring (bicyclic) bond motifs is 1. The maximum Gasteiger partial charge on any atom is 0.416 e. The van der Waals surface area contributed by atoms with Crippen LogP contribution in [0.25, 0.3) is 11.2 Å². The Bertz CT molecular complexity index is 1610. The first kappa shape index (κ1) is 29.1. The van der Waals surface area contributed by atoms with Crippen LogP contribution in [0.4, 0.5) is 24.9 Å². The molecule has 4 aromatic rings. The molecule has 2 aliphatic rings. The Balaban J connectivity index is 1.51. The molecule has 0 radical (unpaired) electrons. The van der Waals surface area contributed by atoms with Crippen molar-refractivity contribution < 1.29 is 13.2 Å². The molecule has 43 heavy (non-hydrogen) atoms. The maximum atomic E-state index is 13.4. The minimum atomic E-state index is -4.40. The van der Waals surface area contributed by atoms with Gasteiger partial charge in [0, 0.05) is 12.6 Å². The molecule has 1 aliphatic carbocycles. The van der Waals surface area contributed by atoms with Crippen LogP contribution in [0.15, 0.2) is 48.5 Å². The lowest BCUT2D eigenvalue weighted by atomic mass is 9.80. The van der Waals surface area contributed by atoms with E-state index in [2.05, 4.69) is 52.9 Å². The van der Waals surface area contributed by atoms with Crippen molar-refractivity contribution in [3.63, 3.8) is 0 Å². The molecule has 0 spiro atoms. The predicted molar refractivity (Wildman–Crippen MR) is 164 cm³/mol. The number of halogens is 3. The molecular formula is C33H38F3N7. The summed E-state index contributed by atoms with van der Waals surface area (Å²) in [7, 11) is 0. The lowest BCUT2D eigenvalue weighted by Crippen LogP contribution is -2.35. The van der Waals surface area contributed by atoms with Gasteiger partial charge in [-0.1, -0.05) is 48.4 Å². The van der Waals surface area contributed by atoms with E-state index in [1.54, 1.807) is 6.92 Å². The molecule has 2 fully saturated rings. The van der Waals surface area contributed by atoms with Crippen LogP contribution in [-0.4, -0.2) is 37.8 Å². The lowest BCUT2D eigenvalue weighted by molar-refractivity contribution is -0.137. The quantitative estimate of drug-likeness (QED) is 0.204. The largest absolute Gasteiger partial charge is 0.416 e. The lowest BCUT2D eigenvalue weighted by Gasteiger charge is -2.37. The second-order valence-electron chi connectivity index (χ2n) is 12.1. The zero-order valence-corrected chi connectivity index (χ0v) is 24.9. The Morgan fingerprint density at radius 3 is 2.33 bits per heavy atom. The van der Waals surface area contributed by atoms with Crippen molar-refractivity contribution in [3.05, 3.63) is 76.6 Å². The molecule has 3 heterocycles. The molecule has 2 aromatic heterocycles. The Hall–Kier alpha value is -3.95. The number of nitrogens with one attached hydrogen (secondary N) is 2. The molecule has 1 aliphatic heterocycles. The van der Waals surface area contributed by atoms with E-state index in [9.17, 15) is 13.2 Å². The fourth-order valence-corrected chi connectivity index (χ4v) is 6.22. The van der Waals surface area contributed by atoms with Gasteiger partial charge in [0.1, 0.15) is 5.52 Å². The van der Waals surface area contributed by atoms with E-state index >= 15 is 0 Å². The third-order valence-electron chi connectivity index (χ3n) is 8.98. The molecule has 7 nitrogen and oxygen atoms in total. The molecule has 226 valence electrons. The maximum absolute atomic E-state index is 13.4. The number of imidazole rings is 1. The van der Waals surface area contributed by atoms with Crippen molar-refractivity contribution in [2.75, 3.05) is 16.8 Å². The number of nitrogens with zero attached hydrogens (tertiary/aromatic N) is 5. The van der Waals surface area contributed by atoms with Crippen molar-refractivity contribution in [2.45, 2.75) is 84.1 Å². The van der Waals surface area contributed by atoms with E-state index in [0.717, 1.165) is 56.3 Å². The summed E-state index contributed by atoms with van der Waals surface area (Å²) in [5.74, 6) is 2.18. The van der Waals surface area contributed by atoms with Crippen LogP contribution >= 0.6 is 0 Å². The second-order valence-corrected chi connectivity index (χ2v) is 12.1. The van der Waals surface area contributed by atoms with Crippen molar-refractivity contribution in [3.8, 4) is 0 Å². The number of piperidine rings is 1. The van der Waals surface area contributed by atoms with Gasteiger partial charge in [-0.25, -0.2) is 9.97 Å². The van der Waals surface area contributed by atoms with E-state index in [-0.39, 0.29) is 17.8 Å². The van der Waals surface area contributed by atoms with Gasteiger partial charge < -0.3 is 20.2 Å². The third kappa shape index (κ3) is 5.96. The van der Waals surface area contributed by atoms with Crippen LogP contribution in [0.1, 0.15) is 86.5 Å². The van der Waals surface area contributed by atoms with Crippen LogP contribution in [-0.2, 0) is 12.7 Å². The monoisotopic (exact) mass is 589 g/mol. The minimum Gasteiger partial charge on any atom is -0.365 e. The van der Waals surface area contributed by atoms with Gasteiger partial charge in [-0.05, 0) is 82.1 Å². The van der Waals surface area contributed by atoms with Gasteiger partial charge in [0.2, 0.25) is 5.95 Å². The first-order chi connectivity index (χ1) is 20.6. The summed E-state index contributed by atoms with van der Waals surface area (Å²) in [6.07, 6.45) is 2.19. The fraction of sp³-hybridized carbons (Fsp3) is 0.455. The van der Waals surface area contributed by atoms with Crippen molar-refractivity contribution in [2.24, 2.45) is 5.92 Å². The highest BCUT2D eigenvalue weighted by Crippen LogP contribution is 2.39. The summed E-state index contributed by atoms with van der Waals surface area (Å²) in [6.45, 7) is 7.00. The average molecular weight is 590 g/mol. The van der Waals surface area contributed by atoms with E-state index in [1.807, 2.05) is 0 Å². The smallest absolute Gasteiger partial charge is 0.365 e. The molecule has 1 saturated heterocycles. The van der Waals surface area contributed by atoms with E-state index < -0.39 is 11.7 Å². The zero-order valence-electron chi connectivity index (χ0n) is 24.9. The number of alkyl halides is 3.